The Labute approximate surface area is 160 Å². The number of aromatic amines is 1. The lowest BCUT2D eigenvalue weighted by molar-refractivity contribution is -0.139. The van der Waals surface area contributed by atoms with Crippen molar-refractivity contribution in [2.45, 2.75) is 26.7 Å². The molecule has 26 heavy (non-hydrogen) atoms. The predicted molar refractivity (Wildman–Crippen MR) is 104 cm³/mol. The van der Waals surface area contributed by atoms with Gasteiger partial charge in [-0.1, -0.05) is 13.8 Å². The zero-order chi connectivity index (χ0) is 18.8. The number of halogens is 1. The number of carboxylic acid groups (broad SMARTS) is 1. The smallest absolute Gasteiger partial charge is 0.341 e. The monoisotopic (exact) mass is 417 g/mol. The third-order valence-electron chi connectivity index (χ3n) is 4.09. The molecular weight excluding hydrogens is 398 g/mol. The molecule has 2 N–H and O–H groups in total. The number of hydrogen-bond donors (Lipinski definition) is 2. The molecular formula is C20H20BrNO4. The highest BCUT2D eigenvalue weighted by Gasteiger charge is 2.13. The lowest BCUT2D eigenvalue weighted by atomic mass is 10.0. The van der Waals surface area contributed by atoms with E-state index in [9.17, 15) is 4.79 Å². The average molecular weight is 418 g/mol. The van der Waals surface area contributed by atoms with Gasteiger partial charge in [-0.25, -0.2) is 4.79 Å². The van der Waals surface area contributed by atoms with Gasteiger partial charge in [-0.15, -0.1) is 0 Å². The predicted octanol–water partition coefficient (Wildman–Crippen LogP) is 5.62. The molecule has 0 aliphatic carbocycles. The van der Waals surface area contributed by atoms with Crippen LogP contribution in [-0.4, -0.2) is 22.7 Å². The summed E-state index contributed by atoms with van der Waals surface area (Å²) in [4.78, 5) is 13.9. The highest BCUT2D eigenvalue weighted by molar-refractivity contribution is 9.10. The third-order valence-corrected chi connectivity index (χ3v) is 4.68. The fourth-order valence-corrected chi connectivity index (χ4v) is 3.46. The molecule has 0 spiro atoms. The van der Waals surface area contributed by atoms with Crippen molar-refractivity contribution in [1.82, 2.24) is 4.98 Å². The fourth-order valence-electron chi connectivity index (χ4n) is 2.84. The van der Waals surface area contributed by atoms with E-state index in [1.165, 1.54) is 5.56 Å². The van der Waals surface area contributed by atoms with Gasteiger partial charge in [0.2, 0.25) is 0 Å². The number of nitrogens with one attached hydrogen (secondary N) is 1. The highest BCUT2D eigenvalue weighted by atomic mass is 79.9. The van der Waals surface area contributed by atoms with Crippen LogP contribution in [0.15, 0.2) is 41.0 Å². The molecule has 0 amide bonds. The van der Waals surface area contributed by atoms with Gasteiger partial charge in [0.15, 0.2) is 6.61 Å². The summed E-state index contributed by atoms with van der Waals surface area (Å²) in [6.07, 6.45) is 2.04. The Morgan fingerprint density at radius 2 is 2.00 bits per heavy atom. The lowest BCUT2D eigenvalue weighted by Gasteiger charge is -2.13. The van der Waals surface area contributed by atoms with Crippen LogP contribution in [-0.2, 0) is 4.79 Å². The number of aromatic nitrogens is 1. The minimum absolute atomic E-state index is 0.381. The molecule has 2 aromatic carbocycles. The second-order valence-corrected chi connectivity index (χ2v) is 7.30. The van der Waals surface area contributed by atoms with Crippen LogP contribution in [0, 0.1) is 6.92 Å². The van der Waals surface area contributed by atoms with Crippen molar-refractivity contribution in [3.05, 3.63) is 52.1 Å². The van der Waals surface area contributed by atoms with Gasteiger partial charge >= 0.3 is 5.97 Å². The molecule has 0 aliphatic rings. The first-order valence-electron chi connectivity index (χ1n) is 8.28. The molecule has 0 bridgehead atoms. The van der Waals surface area contributed by atoms with Crippen molar-refractivity contribution < 1.29 is 19.4 Å². The van der Waals surface area contributed by atoms with Gasteiger partial charge in [0.25, 0.3) is 0 Å². The van der Waals surface area contributed by atoms with Crippen LogP contribution in [0.3, 0.4) is 0 Å². The molecule has 0 atom stereocenters. The number of aryl methyl sites for hydroxylation is 1. The molecule has 0 aliphatic heterocycles. The van der Waals surface area contributed by atoms with Gasteiger partial charge in [-0.2, -0.15) is 0 Å². The van der Waals surface area contributed by atoms with Crippen molar-refractivity contribution in [2.24, 2.45) is 0 Å². The number of benzene rings is 2. The van der Waals surface area contributed by atoms with E-state index < -0.39 is 5.97 Å². The lowest BCUT2D eigenvalue weighted by Crippen LogP contribution is -2.09. The number of ether oxygens (including phenoxy) is 2. The Morgan fingerprint density at radius 1 is 1.23 bits per heavy atom. The third kappa shape index (κ3) is 3.85. The second kappa shape index (κ2) is 7.41. The summed E-state index contributed by atoms with van der Waals surface area (Å²) < 4.78 is 12.0. The van der Waals surface area contributed by atoms with E-state index in [0.717, 1.165) is 22.2 Å². The summed E-state index contributed by atoms with van der Waals surface area (Å²) in [7, 11) is 0. The molecule has 3 rings (SSSR count). The SMILES string of the molecule is Cc1cc(OCC(=O)O)cc(Br)c1Oc1ccc2[nH]cc(C(C)C)c2c1. The molecule has 0 saturated heterocycles. The molecule has 6 heteroatoms. The number of rotatable bonds is 6. The van der Waals surface area contributed by atoms with E-state index in [2.05, 4.69) is 34.8 Å². The van der Waals surface area contributed by atoms with Crippen LogP contribution >= 0.6 is 15.9 Å². The zero-order valence-corrected chi connectivity index (χ0v) is 16.4. The van der Waals surface area contributed by atoms with E-state index in [0.29, 0.717) is 21.9 Å². The Morgan fingerprint density at radius 3 is 2.65 bits per heavy atom. The maximum atomic E-state index is 10.6. The van der Waals surface area contributed by atoms with Crippen LogP contribution in [0.5, 0.6) is 17.2 Å². The van der Waals surface area contributed by atoms with E-state index >= 15 is 0 Å². The van der Waals surface area contributed by atoms with E-state index in [-0.39, 0.29) is 6.61 Å². The number of fused-ring (bicyclic) bond motifs is 1. The molecule has 3 aromatic rings. The summed E-state index contributed by atoms with van der Waals surface area (Å²) in [6, 6.07) is 9.42. The van der Waals surface area contributed by atoms with Crippen LogP contribution < -0.4 is 9.47 Å². The summed E-state index contributed by atoms with van der Waals surface area (Å²) in [6.45, 7) is 5.83. The Kier molecular flexibility index (Phi) is 5.23. The largest absolute Gasteiger partial charge is 0.482 e. The van der Waals surface area contributed by atoms with Crippen molar-refractivity contribution in [3.8, 4) is 17.2 Å². The first kappa shape index (κ1) is 18.3. The number of carbonyl (C=O) groups is 1. The van der Waals surface area contributed by atoms with Crippen LogP contribution in [0.4, 0.5) is 0 Å². The van der Waals surface area contributed by atoms with Gasteiger partial charge < -0.3 is 19.6 Å². The molecule has 1 aromatic heterocycles. The Balaban J connectivity index is 1.89. The first-order valence-corrected chi connectivity index (χ1v) is 9.08. The van der Waals surface area contributed by atoms with Crippen molar-refractivity contribution in [2.75, 3.05) is 6.61 Å². The average Bonchev–Trinajstić information content (AvgIpc) is 2.99. The molecule has 5 nitrogen and oxygen atoms in total. The zero-order valence-electron chi connectivity index (χ0n) is 14.8. The molecule has 0 saturated carbocycles. The van der Waals surface area contributed by atoms with Crippen LogP contribution in [0.25, 0.3) is 10.9 Å². The van der Waals surface area contributed by atoms with E-state index in [1.54, 1.807) is 12.1 Å². The van der Waals surface area contributed by atoms with Crippen molar-refractivity contribution in [3.63, 3.8) is 0 Å². The Bertz CT molecular complexity index is 939. The van der Waals surface area contributed by atoms with Gasteiger partial charge in [-0.3, -0.25) is 0 Å². The van der Waals surface area contributed by atoms with Crippen molar-refractivity contribution in [1.29, 1.82) is 0 Å². The maximum Gasteiger partial charge on any atom is 0.341 e. The van der Waals surface area contributed by atoms with Gasteiger partial charge in [0.05, 0.1) is 4.47 Å². The molecule has 0 radical (unpaired) electrons. The highest BCUT2D eigenvalue weighted by Crippen LogP contribution is 2.38. The molecule has 0 unspecified atom stereocenters. The minimum atomic E-state index is -1.01. The number of carboxylic acids is 1. The standard InChI is InChI=1S/C20H20BrNO4/c1-11(2)16-9-22-18-5-4-13(7-15(16)18)26-20-12(3)6-14(8-17(20)21)25-10-19(23)24/h4-9,11,22H,10H2,1-3H3,(H,23,24). The summed E-state index contributed by atoms with van der Waals surface area (Å²) >= 11 is 3.48. The maximum absolute atomic E-state index is 10.6. The van der Waals surface area contributed by atoms with Crippen LogP contribution in [0.2, 0.25) is 0 Å². The van der Waals surface area contributed by atoms with E-state index in [4.69, 9.17) is 14.6 Å². The minimum Gasteiger partial charge on any atom is -0.482 e. The Hall–Kier alpha value is -2.47. The quantitative estimate of drug-likeness (QED) is 0.545. The topological polar surface area (TPSA) is 71.6 Å². The van der Waals surface area contributed by atoms with Gasteiger partial charge in [0, 0.05) is 17.1 Å². The van der Waals surface area contributed by atoms with Gasteiger partial charge in [0.1, 0.15) is 17.2 Å². The number of H-pyrrole nitrogens is 1. The molecule has 136 valence electrons. The molecule has 1 heterocycles. The summed E-state index contributed by atoms with van der Waals surface area (Å²) in [5.41, 5.74) is 3.17. The fraction of sp³-hybridized carbons (Fsp3) is 0.250. The molecule has 0 fully saturated rings. The first-order chi connectivity index (χ1) is 12.3. The van der Waals surface area contributed by atoms with Crippen LogP contribution in [0.1, 0.15) is 30.9 Å². The second-order valence-electron chi connectivity index (χ2n) is 6.44. The number of aliphatic carboxylic acids is 1. The van der Waals surface area contributed by atoms with E-state index in [1.807, 2.05) is 31.3 Å². The van der Waals surface area contributed by atoms with Gasteiger partial charge in [-0.05, 0) is 70.2 Å². The summed E-state index contributed by atoms with van der Waals surface area (Å²) in [5, 5.41) is 9.87. The normalized spacial score (nSPS) is 11.1. The van der Waals surface area contributed by atoms with Crippen molar-refractivity contribution >= 4 is 32.8 Å². The number of hydrogen-bond acceptors (Lipinski definition) is 3. The summed E-state index contributed by atoms with van der Waals surface area (Å²) in [5.74, 6) is 1.29.